The van der Waals surface area contributed by atoms with E-state index in [2.05, 4.69) is 48.5 Å². The lowest BCUT2D eigenvalue weighted by molar-refractivity contribution is 0.313. The molecule has 80 valence electrons. The van der Waals surface area contributed by atoms with Crippen LogP contribution in [0.15, 0.2) is 0 Å². The number of hydrogen-bond acceptors (Lipinski definition) is 1. The van der Waals surface area contributed by atoms with E-state index in [0.29, 0.717) is 5.41 Å². The van der Waals surface area contributed by atoms with E-state index in [0.717, 1.165) is 5.33 Å². The fourth-order valence-corrected chi connectivity index (χ4v) is 2.81. The van der Waals surface area contributed by atoms with Gasteiger partial charge in [0.25, 0.3) is 0 Å². The van der Waals surface area contributed by atoms with Crippen LogP contribution in [0.2, 0.25) is 0 Å². The first-order valence-corrected chi connectivity index (χ1v) is 7.60. The summed E-state index contributed by atoms with van der Waals surface area (Å²) in [7, 11) is 0. The molecule has 0 saturated heterocycles. The highest BCUT2D eigenvalue weighted by molar-refractivity contribution is 9.09. The van der Waals surface area contributed by atoms with E-state index < -0.39 is 0 Å². The summed E-state index contributed by atoms with van der Waals surface area (Å²) >= 11 is 5.70. The molecular formula is C11H23BrS. The standard InChI is InChI=1S/C11H23BrS/c1-4-7-11(3,10-12)8-6-9-13-5-2/h4-10H2,1-3H3. The monoisotopic (exact) mass is 266 g/mol. The predicted octanol–water partition coefficient (Wildman–Crippen LogP) is 4.72. The lowest BCUT2D eigenvalue weighted by Crippen LogP contribution is -2.18. The van der Waals surface area contributed by atoms with Crippen LogP contribution in [-0.4, -0.2) is 16.8 Å². The fourth-order valence-electron chi connectivity index (χ4n) is 1.61. The molecule has 0 aliphatic rings. The van der Waals surface area contributed by atoms with Gasteiger partial charge in [-0.05, 0) is 36.2 Å². The van der Waals surface area contributed by atoms with Gasteiger partial charge in [-0.3, -0.25) is 0 Å². The Bertz CT molecular complexity index is 117. The van der Waals surface area contributed by atoms with Crippen molar-refractivity contribution >= 4 is 27.7 Å². The van der Waals surface area contributed by atoms with Crippen molar-refractivity contribution in [2.24, 2.45) is 5.41 Å². The van der Waals surface area contributed by atoms with Gasteiger partial charge in [0.1, 0.15) is 0 Å². The van der Waals surface area contributed by atoms with Crippen molar-refractivity contribution in [1.82, 2.24) is 0 Å². The summed E-state index contributed by atoms with van der Waals surface area (Å²) in [6.07, 6.45) is 5.41. The second-order valence-electron chi connectivity index (χ2n) is 3.99. The largest absolute Gasteiger partial charge is 0.162 e. The van der Waals surface area contributed by atoms with Crippen LogP contribution in [-0.2, 0) is 0 Å². The smallest absolute Gasteiger partial charge is 0.00853 e. The summed E-state index contributed by atoms with van der Waals surface area (Å²) in [6.45, 7) is 6.92. The zero-order valence-corrected chi connectivity index (χ0v) is 11.6. The third-order valence-corrected chi connectivity index (χ3v) is 4.79. The Kier molecular flexibility index (Phi) is 8.69. The average Bonchev–Trinajstić information content (AvgIpc) is 2.13. The van der Waals surface area contributed by atoms with E-state index >= 15 is 0 Å². The zero-order chi connectivity index (χ0) is 10.2. The van der Waals surface area contributed by atoms with Crippen molar-refractivity contribution in [2.45, 2.75) is 46.5 Å². The van der Waals surface area contributed by atoms with Gasteiger partial charge in [0, 0.05) is 5.33 Å². The highest BCUT2D eigenvalue weighted by Crippen LogP contribution is 2.31. The molecule has 0 spiro atoms. The summed E-state index contributed by atoms with van der Waals surface area (Å²) in [5.41, 5.74) is 0.545. The van der Waals surface area contributed by atoms with Gasteiger partial charge in [-0.15, -0.1) is 0 Å². The minimum Gasteiger partial charge on any atom is -0.162 e. The highest BCUT2D eigenvalue weighted by atomic mass is 79.9. The molecule has 0 saturated carbocycles. The Hall–Kier alpha value is 0.830. The van der Waals surface area contributed by atoms with E-state index in [9.17, 15) is 0 Å². The molecule has 0 amide bonds. The van der Waals surface area contributed by atoms with E-state index in [-0.39, 0.29) is 0 Å². The minimum atomic E-state index is 0.545. The normalized spacial score (nSPS) is 15.7. The summed E-state index contributed by atoms with van der Waals surface area (Å²) in [5, 5.41) is 1.16. The van der Waals surface area contributed by atoms with Crippen molar-refractivity contribution in [3.8, 4) is 0 Å². The molecule has 0 aromatic rings. The van der Waals surface area contributed by atoms with Gasteiger partial charge >= 0.3 is 0 Å². The van der Waals surface area contributed by atoms with Crippen molar-refractivity contribution in [2.75, 3.05) is 16.8 Å². The predicted molar refractivity (Wildman–Crippen MR) is 69.0 cm³/mol. The average molecular weight is 267 g/mol. The molecule has 13 heavy (non-hydrogen) atoms. The molecular weight excluding hydrogens is 244 g/mol. The molecule has 0 radical (unpaired) electrons. The number of alkyl halides is 1. The number of rotatable bonds is 8. The third kappa shape index (κ3) is 6.84. The van der Waals surface area contributed by atoms with Crippen molar-refractivity contribution in [3.05, 3.63) is 0 Å². The highest BCUT2D eigenvalue weighted by Gasteiger charge is 2.20. The van der Waals surface area contributed by atoms with Crippen LogP contribution < -0.4 is 0 Å². The summed E-state index contributed by atoms with van der Waals surface area (Å²) in [4.78, 5) is 0. The molecule has 1 atom stereocenters. The molecule has 0 aromatic carbocycles. The third-order valence-electron chi connectivity index (χ3n) is 2.45. The molecule has 0 rings (SSSR count). The van der Waals surface area contributed by atoms with Gasteiger partial charge in [-0.2, -0.15) is 11.8 Å². The molecule has 0 heterocycles. The molecule has 0 aromatic heterocycles. The minimum absolute atomic E-state index is 0.545. The van der Waals surface area contributed by atoms with Gasteiger partial charge in [0.05, 0.1) is 0 Å². The molecule has 0 aliphatic carbocycles. The van der Waals surface area contributed by atoms with Crippen LogP contribution in [0.5, 0.6) is 0 Å². The Morgan fingerprint density at radius 1 is 1.23 bits per heavy atom. The lowest BCUT2D eigenvalue weighted by atomic mass is 9.84. The molecule has 0 N–H and O–H groups in total. The Balaban J connectivity index is 3.57. The summed E-state index contributed by atoms with van der Waals surface area (Å²) in [6, 6.07) is 0. The van der Waals surface area contributed by atoms with E-state index in [1.807, 2.05) is 0 Å². The maximum Gasteiger partial charge on any atom is 0.00853 e. The van der Waals surface area contributed by atoms with Gasteiger partial charge in [-0.1, -0.05) is 43.1 Å². The first kappa shape index (κ1) is 13.8. The van der Waals surface area contributed by atoms with Crippen LogP contribution in [0.4, 0.5) is 0 Å². The Morgan fingerprint density at radius 2 is 1.92 bits per heavy atom. The van der Waals surface area contributed by atoms with E-state index in [1.165, 1.54) is 37.2 Å². The lowest BCUT2D eigenvalue weighted by Gasteiger charge is -2.26. The number of thioether (sulfide) groups is 1. The Morgan fingerprint density at radius 3 is 2.38 bits per heavy atom. The molecule has 0 nitrogen and oxygen atoms in total. The number of halogens is 1. The van der Waals surface area contributed by atoms with Crippen LogP contribution in [0.3, 0.4) is 0 Å². The molecule has 0 fully saturated rings. The second-order valence-corrected chi connectivity index (χ2v) is 5.95. The van der Waals surface area contributed by atoms with Crippen molar-refractivity contribution in [3.63, 3.8) is 0 Å². The fraction of sp³-hybridized carbons (Fsp3) is 1.00. The maximum atomic E-state index is 3.64. The first-order chi connectivity index (χ1) is 6.18. The van der Waals surface area contributed by atoms with Gasteiger partial charge in [-0.25, -0.2) is 0 Å². The van der Waals surface area contributed by atoms with Crippen LogP contribution in [0, 0.1) is 5.41 Å². The summed E-state index contributed by atoms with van der Waals surface area (Å²) in [5.74, 6) is 2.60. The quantitative estimate of drug-likeness (QED) is 0.453. The molecule has 0 bridgehead atoms. The molecule has 2 heteroatoms. The SMILES string of the molecule is CCCC(C)(CBr)CCCSCC. The topological polar surface area (TPSA) is 0 Å². The van der Waals surface area contributed by atoms with Crippen molar-refractivity contribution in [1.29, 1.82) is 0 Å². The van der Waals surface area contributed by atoms with Crippen LogP contribution >= 0.6 is 27.7 Å². The molecule has 1 unspecified atom stereocenters. The second kappa shape index (κ2) is 8.16. The molecule has 0 aliphatic heterocycles. The van der Waals surface area contributed by atoms with Gasteiger partial charge in [0.2, 0.25) is 0 Å². The van der Waals surface area contributed by atoms with E-state index in [4.69, 9.17) is 0 Å². The maximum absolute atomic E-state index is 3.64. The number of hydrogen-bond donors (Lipinski definition) is 0. The van der Waals surface area contributed by atoms with Gasteiger partial charge in [0.15, 0.2) is 0 Å². The first-order valence-electron chi connectivity index (χ1n) is 5.32. The van der Waals surface area contributed by atoms with Crippen LogP contribution in [0.25, 0.3) is 0 Å². The summed E-state index contributed by atoms with van der Waals surface area (Å²) < 4.78 is 0. The zero-order valence-electron chi connectivity index (χ0n) is 9.24. The van der Waals surface area contributed by atoms with E-state index in [1.54, 1.807) is 0 Å². The van der Waals surface area contributed by atoms with Crippen molar-refractivity contribution < 1.29 is 0 Å². The van der Waals surface area contributed by atoms with Crippen LogP contribution in [0.1, 0.15) is 46.5 Å². The van der Waals surface area contributed by atoms with Gasteiger partial charge < -0.3 is 0 Å². The Labute approximate surface area is 96.4 Å².